The summed E-state index contributed by atoms with van der Waals surface area (Å²) in [6, 6.07) is 12.7. The van der Waals surface area contributed by atoms with Crippen LogP contribution in [-0.4, -0.2) is 23.5 Å². The van der Waals surface area contributed by atoms with Gasteiger partial charge in [0.1, 0.15) is 5.41 Å². The van der Waals surface area contributed by atoms with Crippen molar-refractivity contribution in [1.29, 1.82) is 0 Å². The van der Waals surface area contributed by atoms with Gasteiger partial charge in [0.05, 0.1) is 9.70 Å². The van der Waals surface area contributed by atoms with Gasteiger partial charge in [-0.3, -0.25) is 9.59 Å². The molecular formula is C17H18BrNO3S. The highest BCUT2D eigenvalue weighted by molar-refractivity contribution is 9.11. The van der Waals surface area contributed by atoms with Crippen molar-refractivity contribution in [1.82, 2.24) is 5.32 Å². The van der Waals surface area contributed by atoms with E-state index in [0.29, 0.717) is 5.56 Å². The number of rotatable bonds is 6. The lowest BCUT2D eigenvalue weighted by molar-refractivity contribution is -0.143. The molecule has 0 bridgehead atoms. The molecule has 0 saturated heterocycles. The molecule has 0 fully saturated rings. The topological polar surface area (TPSA) is 66.4 Å². The van der Waals surface area contributed by atoms with Crippen molar-refractivity contribution in [3.63, 3.8) is 0 Å². The minimum absolute atomic E-state index is 0.0437. The molecule has 2 unspecified atom stereocenters. The second kappa shape index (κ2) is 7.27. The van der Waals surface area contributed by atoms with Crippen LogP contribution in [0.2, 0.25) is 0 Å². The van der Waals surface area contributed by atoms with Crippen LogP contribution in [0.25, 0.3) is 0 Å². The third-order valence-electron chi connectivity index (χ3n) is 3.91. The second-order valence-electron chi connectivity index (χ2n) is 5.58. The number of hydrogen-bond acceptors (Lipinski definition) is 3. The maximum atomic E-state index is 12.3. The van der Waals surface area contributed by atoms with E-state index < -0.39 is 11.4 Å². The standard InChI is InChI=1S/C17H18BrNO3S/c1-11(13-8-9-14(18)23-13)15(20)19-10-17(2,16(21)22)12-6-4-3-5-7-12/h3-9,11H,10H2,1-2H3,(H,19,20)(H,21,22). The Morgan fingerprint density at radius 1 is 1.26 bits per heavy atom. The highest BCUT2D eigenvalue weighted by Crippen LogP contribution is 2.29. The zero-order valence-electron chi connectivity index (χ0n) is 12.9. The van der Waals surface area contributed by atoms with Crippen LogP contribution in [-0.2, 0) is 15.0 Å². The normalized spacial score (nSPS) is 14.7. The van der Waals surface area contributed by atoms with Gasteiger partial charge in [0.15, 0.2) is 0 Å². The van der Waals surface area contributed by atoms with Gasteiger partial charge in [0.2, 0.25) is 5.91 Å². The first-order valence-corrected chi connectivity index (χ1v) is 8.77. The molecule has 0 saturated carbocycles. The highest BCUT2D eigenvalue weighted by atomic mass is 79.9. The van der Waals surface area contributed by atoms with Crippen molar-refractivity contribution in [3.8, 4) is 0 Å². The van der Waals surface area contributed by atoms with Gasteiger partial charge in [-0.05, 0) is 47.5 Å². The summed E-state index contributed by atoms with van der Waals surface area (Å²) in [6.45, 7) is 3.48. The zero-order chi connectivity index (χ0) is 17.0. The number of benzene rings is 1. The first-order chi connectivity index (χ1) is 10.8. The minimum Gasteiger partial charge on any atom is -0.481 e. The molecule has 23 heavy (non-hydrogen) atoms. The molecule has 2 N–H and O–H groups in total. The van der Waals surface area contributed by atoms with E-state index >= 15 is 0 Å². The number of thiophene rings is 1. The van der Waals surface area contributed by atoms with Crippen LogP contribution < -0.4 is 5.32 Å². The summed E-state index contributed by atoms with van der Waals surface area (Å²) in [5, 5.41) is 12.4. The summed E-state index contributed by atoms with van der Waals surface area (Å²) in [7, 11) is 0. The molecular weight excluding hydrogens is 378 g/mol. The molecule has 2 atom stereocenters. The Labute approximate surface area is 147 Å². The van der Waals surface area contributed by atoms with Crippen molar-refractivity contribution in [2.45, 2.75) is 25.2 Å². The number of amides is 1. The van der Waals surface area contributed by atoms with Crippen LogP contribution in [0.15, 0.2) is 46.3 Å². The molecule has 6 heteroatoms. The van der Waals surface area contributed by atoms with Gasteiger partial charge in [-0.2, -0.15) is 0 Å². The van der Waals surface area contributed by atoms with E-state index in [2.05, 4.69) is 21.2 Å². The third kappa shape index (κ3) is 4.00. The molecule has 0 aliphatic heterocycles. The number of nitrogens with one attached hydrogen (secondary N) is 1. The molecule has 1 heterocycles. The monoisotopic (exact) mass is 395 g/mol. The fourth-order valence-electron chi connectivity index (χ4n) is 2.21. The van der Waals surface area contributed by atoms with E-state index in [1.54, 1.807) is 31.2 Å². The predicted molar refractivity (Wildman–Crippen MR) is 94.9 cm³/mol. The molecule has 0 aliphatic rings. The Morgan fingerprint density at radius 3 is 2.43 bits per heavy atom. The summed E-state index contributed by atoms with van der Waals surface area (Å²) in [4.78, 5) is 25.0. The molecule has 122 valence electrons. The van der Waals surface area contributed by atoms with Crippen molar-refractivity contribution >= 4 is 39.1 Å². The molecule has 0 aliphatic carbocycles. The predicted octanol–water partition coefficient (Wildman–Crippen LogP) is 3.77. The molecule has 0 spiro atoms. The molecule has 4 nitrogen and oxygen atoms in total. The summed E-state index contributed by atoms with van der Waals surface area (Å²) >= 11 is 4.88. The number of carbonyl (C=O) groups excluding carboxylic acids is 1. The minimum atomic E-state index is -1.16. The Kier molecular flexibility index (Phi) is 5.59. The first kappa shape index (κ1) is 17.7. The molecule has 2 rings (SSSR count). The number of aliphatic carboxylic acids is 1. The lowest BCUT2D eigenvalue weighted by Gasteiger charge is -2.26. The van der Waals surface area contributed by atoms with Gasteiger partial charge in [-0.25, -0.2) is 0 Å². The first-order valence-electron chi connectivity index (χ1n) is 7.16. The lowest BCUT2D eigenvalue weighted by Crippen LogP contribution is -2.45. The number of carbonyl (C=O) groups is 2. The second-order valence-corrected chi connectivity index (χ2v) is 8.08. The van der Waals surface area contributed by atoms with E-state index in [0.717, 1.165) is 8.66 Å². The molecule has 1 amide bonds. The number of hydrogen-bond donors (Lipinski definition) is 2. The maximum absolute atomic E-state index is 12.3. The van der Waals surface area contributed by atoms with Gasteiger partial charge in [-0.1, -0.05) is 30.3 Å². The van der Waals surface area contributed by atoms with Crippen molar-refractivity contribution < 1.29 is 14.7 Å². The SMILES string of the molecule is CC(C(=O)NCC(C)(C(=O)O)c1ccccc1)c1ccc(Br)s1. The van der Waals surface area contributed by atoms with Crippen molar-refractivity contribution in [2.24, 2.45) is 0 Å². The van der Waals surface area contributed by atoms with Crippen LogP contribution in [0.3, 0.4) is 0 Å². The number of halogens is 1. The van der Waals surface area contributed by atoms with Crippen molar-refractivity contribution in [2.75, 3.05) is 6.54 Å². The van der Waals surface area contributed by atoms with E-state index in [1.165, 1.54) is 11.3 Å². The molecule has 1 aromatic heterocycles. The fraction of sp³-hybridized carbons (Fsp3) is 0.294. The Hall–Kier alpha value is -1.66. The molecule has 2 aromatic rings. The average molecular weight is 396 g/mol. The van der Waals surface area contributed by atoms with E-state index in [1.807, 2.05) is 25.1 Å². The molecule has 0 radical (unpaired) electrons. The summed E-state index contributed by atoms with van der Waals surface area (Å²) in [6.07, 6.45) is 0. The van der Waals surface area contributed by atoms with Crippen LogP contribution in [0.4, 0.5) is 0 Å². The number of carboxylic acids is 1. The Balaban J connectivity index is 2.10. The number of carboxylic acid groups (broad SMARTS) is 1. The fourth-order valence-corrected chi connectivity index (χ4v) is 3.69. The lowest BCUT2D eigenvalue weighted by atomic mass is 9.82. The van der Waals surface area contributed by atoms with Crippen LogP contribution in [0.1, 0.15) is 30.2 Å². The summed E-state index contributed by atoms with van der Waals surface area (Å²) < 4.78 is 0.965. The summed E-state index contributed by atoms with van der Waals surface area (Å²) in [5.41, 5.74) is -0.494. The van der Waals surface area contributed by atoms with Crippen LogP contribution >= 0.6 is 27.3 Å². The zero-order valence-corrected chi connectivity index (χ0v) is 15.3. The van der Waals surface area contributed by atoms with Gasteiger partial charge in [-0.15, -0.1) is 11.3 Å². The highest BCUT2D eigenvalue weighted by Gasteiger charge is 2.36. The summed E-state index contributed by atoms with van der Waals surface area (Å²) in [5.74, 6) is -1.46. The van der Waals surface area contributed by atoms with Crippen LogP contribution in [0.5, 0.6) is 0 Å². The van der Waals surface area contributed by atoms with Gasteiger partial charge in [0.25, 0.3) is 0 Å². The van der Waals surface area contributed by atoms with E-state index in [4.69, 9.17) is 0 Å². The Morgan fingerprint density at radius 2 is 1.91 bits per heavy atom. The van der Waals surface area contributed by atoms with Crippen molar-refractivity contribution in [3.05, 3.63) is 56.7 Å². The van der Waals surface area contributed by atoms with Gasteiger partial charge in [0, 0.05) is 11.4 Å². The van der Waals surface area contributed by atoms with E-state index in [9.17, 15) is 14.7 Å². The third-order valence-corrected chi connectivity index (χ3v) is 5.72. The maximum Gasteiger partial charge on any atom is 0.315 e. The quantitative estimate of drug-likeness (QED) is 0.781. The largest absolute Gasteiger partial charge is 0.481 e. The average Bonchev–Trinajstić information content (AvgIpc) is 2.98. The smallest absolute Gasteiger partial charge is 0.315 e. The molecule has 1 aromatic carbocycles. The van der Waals surface area contributed by atoms with E-state index in [-0.39, 0.29) is 18.4 Å². The van der Waals surface area contributed by atoms with Crippen LogP contribution in [0, 0.1) is 0 Å². The van der Waals surface area contributed by atoms with Gasteiger partial charge >= 0.3 is 5.97 Å². The van der Waals surface area contributed by atoms with Gasteiger partial charge < -0.3 is 10.4 Å². The Bertz CT molecular complexity index is 701.